The molecule has 0 unspecified atom stereocenters. The fraction of sp³-hybridized carbons (Fsp3) is 0.355. The summed E-state index contributed by atoms with van der Waals surface area (Å²) in [5, 5.41) is 11.5. The summed E-state index contributed by atoms with van der Waals surface area (Å²) in [7, 11) is 3.10. The first-order valence-corrected chi connectivity index (χ1v) is 13.3. The molecule has 1 aromatic heterocycles. The highest BCUT2D eigenvalue weighted by Gasteiger charge is 2.34. The zero-order valence-electron chi connectivity index (χ0n) is 24.0. The molecule has 0 aliphatic heterocycles. The lowest BCUT2D eigenvalue weighted by atomic mass is 9.99. The Kier molecular flexibility index (Phi) is 8.72. The maximum atomic E-state index is 14.1. The minimum atomic E-state index is -0.926. The second kappa shape index (κ2) is 12.2. The molecule has 4 aromatic rings. The van der Waals surface area contributed by atoms with Crippen LogP contribution in [0.3, 0.4) is 0 Å². The zero-order valence-corrected chi connectivity index (χ0v) is 24.0. The predicted octanol–water partition coefficient (Wildman–Crippen LogP) is 4.48. The third-order valence-corrected chi connectivity index (χ3v) is 6.69. The fourth-order valence-corrected chi connectivity index (χ4v) is 4.72. The van der Waals surface area contributed by atoms with Crippen molar-refractivity contribution in [1.29, 1.82) is 0 Å². The van der Waals surface area contributed by atoms with Crippen LogP contribution >= 0.6 is 0 Å². The van der Waals surface area contributed by atoms with Crippen LogP contribution in [0.1, 0.15) is 43.5 Å². The van der Waals surface area contributed by atoms with E-state index in [1.807, 2.05) is 76.2 Å². The van der Waals surface area contributed by atoms with Gasteiger partial charge in [-0.25, -0.2) is 4.68 Å². The molecule has 0 aliphatic rings. The number of amides is 2. The van der Waals surface area contributed by atoms with Crippen molar-refractivity contribution in [3.63, 3.8) is 0 Å². The van der Waals surface area contributed by atoms with Gasteiger partial charge in [-0.1, -0.05) is 47.7 Å². The Morgan fingerprint density at radius 3 is 2.38 bits per heavy atom. The highest BCUT2D eigenvalue weighted by molar-refractivity contribution is 5.89. The topological polar surface area (TPSA) is 98.6 Å². The van der Waals surface area contributed by atoms with E-state index in [-0.39, 0.29) is 18.4 Å². The third kappa shape index (κ3) is 6.59. The number of rotatable bonds is 10. The second-order valence-electron chi connectivity index (χ2n) is 10.8. The van der Waals surface area contributed by atoms with Crippen LogP contribution in [0.2, 0.25) is 0 Å². The monoisotopic (exact) mass is 543 g/mol. The summed E-state index contributed by atoms with van der Waals surface area (Å²) in [4.78, 5) is 29.7. The molecule has 4 rings (SSSR count). The van der Waals surface area contributed by atoms with Crippen molar-refractivity contribution in [3.05, 3.63) is 83.4 Å². The van der Waals surface area contributed by atoms with E-state index in [4.69, 9.17) is 9.47 Å². The third-order valence-electron chi connectivity index (χ3n) is 6.69. The van der Waals surface area contributed by atoms with E-state index in [0.29, 0.717) is 35.5 Å². The first-order chi connectivity index (χ1) is 19.1. The van der Waals surface area contributed by atoms with Crippen LogP contribution in [0.25, 0.3) is 11.0 Å². The normalized spacial score (nSPS) is 12.2. The Morgan fingerprint density at radius 2 is 1.68 bits per heavy atom. The van der Waals surface area contributed by atoms with Crippen LogP contribution in [0.5, 0.6) is 11.5 Å². The Bertz CT molecular complexity index is 1490. The highest BCUT2D eigenvalue weighted by atomic mass is 16.5. The summed E-state index contributed by atoms with van der Waals surface area (Å²) < 4.78 is 12.5. The second-order valence-corrected chi connectivity index (χ2v) is 10.8. The molecule has 0 bridgehead atoms. The van der Waals surface area contributed by atoms with Gasteiger partial charge in [-0.3, -0.25) is 9.59 Å². The first-order valence-electron chi connectivity index (χ1n) is 13.3. The molecule has 0 radical (unpaired) electrons. The summed E-state index contributed by atoms with van der Waals surface area (Å²) >= 11 is 0. The maximum absolute atomic E-state index is 14.1. The number of carbonyl (C=O) groups is 2. The maximum Gasteiger partial charge on any atom is 0.247 e. The molecule has 3 aromatic carbocycles. The molecule has 40 heavy (non-hydrogen) atoms. The number of ether oxygens (including phenoxy) is 2. The lowest BCUT2D eigenvalue weighted by Crippen LogP contribution is -2.50. The van der Waals surface area contributed by atoms with Gasteiger partial charge in [0.15, 0.2) is 11.5 Å². The molecule has 0 spiro atoms. The summed E-state index contributed by atoms with van der Waals surface area (Å²) in [6.45, 7) is 8.03. The number of nitrogens with one attached hydrogen (secondary N) is 1. The van der Waals surface area contributed by atoms with Gasteiger partial charge in [0.05, 0.1) is 19.7 Å². The van der Waals surface area contributed by atoms with E-state index >= 15 is 0 Å². The average Bonchev–Trinajstić information content (AvgIpc) is 3.33. The summed E-state index contributed by atoms with van der Waals surface area (Å²) in [5.41, 5.74) is 3.77. The Balaban J connectivity index is 1.78. The van der Waals surface area contributed by atoms with Crippen molar-refractivity contribution >= 4 is 22.8 Å². The van der Waals surface area contributed by atoms with E-state index < -0.39 is 11.6 Å². The number of methoxy groups -OCH3 is 2. The summed E-state index contributed by atoms with van der Waals surface area (Å²) in [5.74, 6) is 0.463. The molecule has 0 saturated carbocycles. The number of aromatic nitrogens is 3. The van der Waals surface area contributed by atoms with Gasteiger partial charge in [0.25, 0.3) is 0 Å². The van der Waals surface area contributed by atoms with Gasteiger partial charge in [0.1, 0.15) is 18.1 Å². The molecule has 0 aliphatic carbocycles. The largest absolute Gasteiger partial charge is 0.493 e. The molecule has 1 N–H and O–H groups in total. The molecule has 9 heteroatoms. The predicted molar refractivity (Wildman–Crippen MR) is 154 cm³/mol. The van der Waals surface area contributed by atoms with E-state index in [1.165, 1.54) is 0 Å². The first kappa shape index (κ1) is 28.6. The molecule has 0 saturated heterocycles. The van der Waals surface area contributed by atoms with Crippen LogP contribution in [-0.4, -0.2) is 58.0 Å². The minimum Gasteiger partial charge on any atom is -0.493 e. The highest BCUT2D eigenvalue weighted by Crippen LogP contribution is 2.33. The van der Waals surface area contributed by atoms with Crippen LogP contribution in [0.15, 0.2) is 66.7 Å². The summed E-state index contributed by atoms with van der Waals surface area (Å²) in [6.07, 6.45) is 0.573. The number of hydrogen-bond acceptors (Lipinski definition) is 6. The Labute approximate surface area is 235 Å². The van der Waals surface area contributed by atoms with E-state index in [9.17, 15) is 9.59 Å². The van der Waals surface area contributed by atoms with E-state index in [2.05, 4.69) is 15.6 Å². The standard InChI is InChI=1S/C31H37N5O4/c1-21-11-7-8-12-22(21)17-18-35(28(37)20-36-25-14-10-9-13-24(25)33-34-36)29(30(38)32-31(2,3)4)23-15-16-26(39-5)27(19-23)40-6/h7-16,19,29H,17-18,20H2,1-6H3,(H,32,38)/t29-/m0/s1. The van der Waals surface area contributed by atoms with Gasteiger partial charge < -0.3 is 19.7 Å². The lowest BCUT2D eigenvalue weighted by Gasteiger charge is -2.34. The average molecular weight is 544 g/mol. The van der Waals surface area contributed by atoms with Gasteiger partial charge in [0.2, 0.25) is 11.8 Å². The van der Waals surface area contributed by atoms with Crippen molar-refractivity contribution in [2.75, 3.05) is 20.8 Å². The molecule has 210 valence electrons. The molecule has 9 nitrogen and oxygen atoms in total. The summed E-state index contributed by atoms with van der Waals surface area (Å²) in [6, 6.07) is 19.9. The van der Waals surface area contributed by atoms with Gasteiger partial charge in [0, 0.05) is 12.1 Å². The lowest BCUT2D eigenvalue weighted by molar-refractivity contribution is -0.142. The van der Waals surface area contributed by atoms with Gasteiger partial charge in [-0.2, -0.15) is 0 Å². The van der Waals surface area contributed by atoms with E-state index in [0.717, 1.165) is 16.6 Å². The number of para-hydroxylation sites is 1. The van der Waals surface area contributed by atoms with Crippen molar-refractivity contribution < 1.29 is 19.1 Å². The quantitative estimate of drug-likeness (QED) is 0.317. The minimum absolute atomic E-state index is 0.0686. The van der Waals surface area contributed by atoms with Crippen LogP contribution < -0.4 is 14.8 Å². The number of aryl methyl sites for hydroxylation is 1. The van der Waals surface area contributed by atoms with Crippen molar-refractivity contribution in [2.45, 2.75) is 52.2 Å². The number of carbonyl (C=O) groups excluding carboxylic acids is 2. The molecular weight excluding hydrogens is 506 g/mol. The van der Waals surface area contributed by atoms with E-state index in [1.54, 1.807) is 42.0 Å². The van der Waals surface area contributed by atoms with Crippen molar-refractivity contribution in [2.24, 2.45) is 0 Å². The Morgan fingerprint density at radius 1 is 0.975 bits per heavy atom. The number of fused-ring (bicyclic) bond motifs is 1. The number of nitrogens with zero attached hydrogens (tertiary/aromatic N) is 4. The van der Waals surface area contributed by atoms with Gasteiger partial charge in [-0.15, -0.1) is 5.10 Å². The molecule has 1 atom stereocenters. The SMILES string of the molecule is COc1ccc([C@@H](C(=O)NC(C)(C)C)N(CCc2ccccc2C)C(=O)Cn2nnc3ccccc32)cc1OC. The van der Waals surface area contributed by atoms with Crippen LogP contribution in [0, 0.1) is 6.92 Å². The number of hydrogen-bond donors (Lipinski definition) is 1. The smallest absolute Gasteiger partial charge is 0.247 e. The van der Waals surface area contributed by atoms with Crippen molar-refractivity contribution in [1.82, 2.24) is 25.2 Å². The van der Waals surface area contributed by atoms with Gasteiger partial charge in [-0.05, 0) is 75.1 Å². The number of benzene rings is 3. The molecular formula is C31H37N5O4. The molecule has 0 fully saturated rings. The Hall–Kier alpha value is -4.40. The molecule has 2 amide bonds. The molecule has 1 heterocycles. The van der Waals surface area contributed by atoms with Crippen LogP contribution in [-0.2, 0) is 22.6 Å². The zero-order chi connectivity index (χ0) is 28.9. The van der Waals surface area contributed by atoms with Gasteiger partial charge >= 0.3 is 0 Å². The van der Waals surface area contributed by atoms with Crippen LogP contribution in [0.4, 0.5) is 0 Å². The fourth-order valence-electron chi connectivity index (χ4n) is 4.72. The van der Waals surface area contributed by atoms with Crippen molar-refractivity contribution in [3.8, 4) is 11.5 Å².